The van der Waals surface area contributed by atoms with Crippen LogP contribution in [0.4, 0.5) is 0 Å². The van der Waals surface area contributed by atoms with E-state index in [1.54, 1.807) is 6.92 Å². The van der Waals surface area contributed by atoms with Crippen molar-refractivity contribution in [3.05, 3.63) is 0 Å². The number of nitrogens with one attached hydrogen (secondary N) is 1. The first kappa shape index (κ1) is 14.0. The van der Waals surface area contributed by atoms with Gasteiger partial charge in [-0.25, -0.2) is 0 Å². The van der Waals surface area contributed by atoms with E-state index in [1.807, 2.05) is 6.92 Å². The molecule has 1 amide bonds. The molecule has 15 heavy (non-hydrogen) atoms. The Hall–Kier alpha value is -0.970. The van der Waals surface area contributed by atoms with Gasteiger partial charge in [-0.3, -0.25) is 4.79 Å². The van der Waals surface area contributed by atoms with Crippen LogP contribution >= 0.6 is 0 Å². The summed E-state index contributed by atoms with van der Waals surface area (Å²) in [5.41, 5.74) is -0.211. The van der Waals surface area contributed by atoms with E-state index in [9.17, 15) is 4.79 Å². The maximum atomic E-state index is 11.2. The minimum atomic E-state index is -0.210. The Balaban J connectivity index is 5.08. The van der Waals surface area contributed by atoms with Crippen LogP contribution in [-0.4, -0.2) is 11.9 Å². The van der Waals surface area contributed by atoms with Crippen LogP contribution in [0.2, 0.25) is 0 Å². The summed E-state index contributed by atoms with van der Waals surface area (Å²) >= 11 is 0. The van der Waals surface area contributed by atoms with Crippen molar-refractivity contribution in [2.75, 3.05) is 0 Å². The molecule has 1 N–H and O–H groups in total. The van der Waals surface area contributed by atoms with E-state index >= 15 is 0 Å². The van der Waals surface area contributed by atoms with Crippen LogP contribution in [0.3, 0.4) is 0 Å². The molecule has 0 aliphatic carbocycles. The quantitative estimate of drug-likeness (QED) is 0.696. The van der Waals surface area contributed by atoms with Crippen LogP contribution in [0.25, 0.3) is 0 Å². The fourth-order valence-electron chi connectivity index (χ4n) is 2.08. The van der Waals surface area contributed by atoms with E-state index in [4.69, 9.17) is 0 Å². The Morgan fingerprint density at radius 2 is 1.67 bits per heavy atom. The molecule has 0 saturated carbocycles. The third-order valence-corrected chi connectivity index (χ3v) is 2.38. The molecule has 86 valence electrons. The monoisotopic (exact) mass is 209 g/mol. The lowest BCUT2D eigenvalue weighted by atomic mass is 9.71. The molecule has 1 atom stereocenters. The fraction of sp³-hybridized carbons (Fsp3) is 0.769. The van der Waals surface area contributed by atoms with Crippen LogP contribution in [-0.2, 0) is 4.79 Å². The molecule has 0 heterocycles. The number of hydrogen-bond donors (Lipinski definition) is 1. The molecule has 0 spiro atoms. The SMILES string of the molecule is CC#CC(C)(C)C(NC(C)=O)C(C)(C)C. The van der Waals surface area contributed by atoms with Crippen molar-refractivity contribution < 1.29 is 4.79 Å². The second kappa shape index (κ2) is 4.70. The lowest BCUT2D eigenvalue weighted by Gasteiger charge is -2.40. The van der Waals surface area contributed by atoms with E-state index in [0.717, 1.165) is 0 Å². The van der Waals surface area contributed by atoms with Gasteiger partial charge in [-0.1, -0.05) is 26.7 Å². The zero-order chi connectivity index (χ0) is 12.3. The van der Waals surface area contributed by atoms with Crippen LogP contribution in [0.5, 0.6) is 0 Å². The highest BCUT2D eigenvalue weighted by atomic mass is 16.1. The van der Waals surface area contributed by atoms with Crippen molar-refractivity contribution in [2.24, 2.45) is 10.8 Å². The predicted octanol–water partition coefficient (Wildman–Crippen LogP) is 2.59. The minimum absolute atomic E-state index is 0.000836. The smallest absolute Gasteiger partial charge is 0.217 e. The number of carbonyl (C=O) groups excluding carboxylic acids is 1. The molecule has 0 saturated heterocycles. The predicted molar refractivity (Wildman–Crippen MR) is 64.3 cm³/mol. The summed E-state index contributed by atoms with van der Waals surface area (Å²) in [6.45, 7) is 13.9. The van der Waals surface area contributed by atoms with Gasteiger partial charge in [0.2, 0.25) is 5.91 Å². The third kappa shape index (κ3) is 4.38. The topological polar surface area (TPSA) is 29.1 Å². The summed E-state index contributed by atoms with van der Waals surface area (Å²) in [5.74, 6) is 6.10. The van der Waals surface area contributed by atoms with Gasteiger partial charge in [-0.15, -0.1) is 5.92 Å². The van der Waals surface area contributed by atoms with Crippen molar-refractivity contribution in [2.45, 2.75) is 54.5 Å². The van der Waals surface area contributed by atoms with Gasteiger partial charge in [0.1, 0.15) is 0 Å². The number of rotatable bonds is 2. The standard InChI is InChI=1S/C13H23NO/c1-8-9-13(6,7)11(12(3,4)5)14-10(2)15/h11H,1-7H3,(H,14,15). The molecule has 0 fully saturated rings. The summed E-state index contributed by atoms with van der Waals surface area (Å²) in [5, 5.41) is 3.00. The molecule has 0 bridgehead atoms. The highest BCUT2D eigenvalue weighted by molar-refractivity contribution is 5.73. The Bertz CT molecular complexity index is 286. The van der Waals surface area contributed by atoms with Gasteiger partial charge in [0.25, 0.3) is 0 Å². The zero-order valence-corrected chi connectivity index (χ0v) is 11.0. The molecular formula is C13H23NO. The first-order valence-corrected chi connectivity index (χ1v) is 5.32. The Kier molecular flexibility index (Phi) is 4.40. The molecule has 2 heteroatoms. The summed E-state index contributed by atoms with van der Waals surface area (Å²) in [4.78, 5) is 11.2. The number of hydrogen-bond acceptors (Lipinski definition) is 1. The van der Waals surface area contributed by atoms with Gasteiger partial charge in [0.05, 0.1) is 0 Å². The van der Waals surface area contributed by atoms with Crippen LogP contribution < -0.4 is 5.32 Å². The maximum absolute atomic E-state index is 11.2. The summed E-state index contributed by atoms with van der Waals surface area (Å²) < 4.78 is 0. The molecule has 0 aromatic rings. The fourth-order valence-corrected chi connectivity index (χ4v) is 2.08. The molecule has 0 aromatic heterocycles. The van der Waals surface area contributed by atoms with E-state index in [0.29, 0.717) is 0 Å². The minimum Gasteiger partial charge on any atom is -0.352 e. The normalized spacial score (nSPS) is 13.8. The molecule has 0 radical (unpaired) electrons. The summed E-state index contributed by atoms with van der Waals surface area (Å²) in [6.07, 6.45) is 0. The Labute approximate surface area is 93.8 Å². The summed E-state index contributed by atoms with van der Waals surface area (Å²) in [6, 6.07) is 0.0509. The molecule has 2 nitrogen and oxygen atoms in total. The third-order valence-electron chi connectivity index (χ3n) is 2.38. The van der Waals surface area contributed by atoms with Crippen LogP contribution in [0.15, 0.2) is 0 Å². The maximum Gasteiger partial charge on any atom is 0.217 e. The van der Waals surface area contributed by atoms with E-state index < -0.39 is 0 Å². The van der Waals surface area contributed by atoms with Crippen molar-refractivity contribution >= 4 is 5.91 Å². The van der Waals surface area contributed by atoms with E-state index in [2.05, 4.69) is 51.8 Å². The summed E-state index contributed by atoms with van der Waals surface area (Å²) in [7, 11) is 0. The average molecular weight is 209 g/mol. The molecule has 0 aliphatic heterocycles. The second-order valence-electron chi connectivity index (χ2n) is 5.60. The van der Waals surface area contributed by atoms with Crippen molar-refractivity contribution in [1.82, 2.24) is 5.32 Å². The highest BCUT2D eigenvalue weighted by Crippen LogP contribution is 2.33. The van der Waals surface area contributed by atoms with E-state index in [-0.39, 0.29) is 22.8 Å². The van der Waals surface area contributed by atoms with Crippen LogP contribution in [0, 0.1) is 22.7 Å². The first-order valence-electron chi connectivity index (χ1n) is 5.32. The van der Waals surface area contributed by atoms with Crippen molar-refractivity contribution in [3.8, 4) is 11.8 Å². The molecule has 0 rings (SSSR count). The lowest BCUT2D eigenvalue weighted by Crippen LogP contribution is -2.51. The average Bonchev–Trinajstić information content (AvgIpc) is 1.97. The van der Waals surface area contributed by atoms with Crippen molar-refractivity contribution in [3.63, 3.8) is 0 Å². The van der Waals surface area contributed by atoms with Gasteiger partial charge < -0.3 is 5.32 Å². The van der Waals surface area contributed by atoms with Gasteiger partial charge in [-0.05, 0) is 26.2 Å². The van der Waals surface area contributed by atoms with Gasteiger partial charge in [0.15, 0.2) is 0 Å². The first-order chi connectivity index (χ1) is 6.61. The van der Waals surface area contributed by atoms with Crippen molar-refractivity contribution in [1.29, 1.82) is 0 Å². The number of amides is 1. The zero-order valence-electron chi connectivity index (χ0n) is 11.0. The lowest BCUT2D eigenvalue weighted by molar-refractivity contribution is -0.121. The Morgan fingerprint density at radius 1 is 1.20 bits per heavy atom. The van der Waals surface area contributed by atoms with E-state index in [1.165, 1.54) is 0 Å². The number of carbonyl (C=O) groups is 1. The second-order valence-corrected chi connectivity index (χ2v) is 5.60. The molecule has 0 aliphatic rings. The largest absolute Gasteiger partial charge is 0.352 e. The molecular weight excluding hydrogens is 186 g/mol. The van der Waals surface area contributed by atoms with Gasteiger partial charge in [0, 0.05) is 18.4 Å². The van der Waals surface area contributed by atoms with Gasteiger partial charge >= 0.3 is 0 Å². The highest BCUT2D eigenvalue weighted by Gasteiger charge is 2.37. The molecule has 0 aromatic carbocycles. The Morgan fingerprint density at radius 3 is 1.93 bits per heavy atom. The van der Waals surface area contributed by atoms with Gasteiger partial charge in [-0.2, -0.15) is 0 Å². The van der Waals surface area contributed by atoms with Crippen LogP contribution in [0.1, 0.15) is 48.5 Å². The molecule has 1 unspecified atom stereocenters.